The Kier molecular flexibility index (Phi) is 33.1. The molecule has 34 heteroatoms. The second kappa shape index (κ2) is 41.2. The summed E-state index contributed by atoms with van der Waals surface area (Å²) in [7, 11) is 0. The zero-order chi connectivity index (χ0) is 73.4. The van der Waals surface area contributed by atoms with Crippen LogP contribution < -0.4 is 75.7 Å². The van der Waals surface area contributed by atoms with Gasteiger partial charge in [-0.1, -0.05) is 57.0 Å². The number of aromatic amines is 2. The van der Waals surface area contributed by atoms with E-state index < -0.39 is 132 Å². The fourth-order valence-electron chi connectivity index (χ4n) is 11.1. The highest BCUT2D eigenvalue weighted by molar-refractivity contribution is 7.80. The third-order valence-corrected chi connectivity index (χ3v) is 16.7. The van der Waals surface area contributed by atoms with Crippen molar-refractivity contribution >= 4 is 100 Å². The monoisotopic (exact) mass is 1410 g/mol. The maximum absolute atomic E-state index is 14.7. The lowest BCUT2D eigenvalue weighted by Crippen LogP contribution is -2.61. The lowest BCUT2D eigenvalue weighted by Gasteiger charge is -2.29. The number of carbonyl (C=O) groups is 12. The molecule has 1 saturated heterocycles. The summed E-state index contributed by atoms with van der Waals surface area (Å²) in [4.78, 5) is 179. The van der Waals surface area contributed by atoms with E-state index in [1.807, 2.05) is 0 Å². The molecule has 0 unspecified atom stereocenters. The van der Waals surface area contributed by atoms with Gasteiger partial charge in [0.2, 0.25) is 70.9 Å². The van der Waals surface area contributed by atoms with Crippen LogP contribution in [0.2, 0.25) is 0 Å². The summed E-state index contributed by atoms with van der Waals surface area (Å²) in [5, 5.41) is 58.0. The van der Waals surface area contributed by atoms with Gasteiger partial charge >= 0.3 is 0 Å². The maximum Gasteiger partial charge on any atom is 0.245 e. The van der Waals surface area contributed by atoms with Crippen LogP contribution in [0.3, 0.4) is 0 Å². The number of para-hydroxylation sites is 1. The largest absolute Gasteiger partial charge is 0.508 e. The Bertz CT molecular complexity index is 3490. The molecule has 12 amide bonds. The first-order valence-electron chi connectivity index (χ1n) is 33.1. The normalized spacial score (nSPS) is 15.3. The number of aromatic nitrogens is 3. The number of nitrogens with one attached hydrogen (secondary N) is 14. The van der Waals surface area contributed by atoms with Crippen LogP contribution in [0, 0.1) is 23.7 Å². The molecule has 2 aromatic heterocycles. The lowest BCUT2D eigenvalue weighted by molar-refractivity contribution is -0.139. The van der Waals surface area contributed by atoms with Gasteiger partial charge in [-0.25, -0.2) is 4.98 Å². The van der Waals surface area contributed by atoms with Crippen LogP contribution in [0.4, 0.5) is 0 Å². The van der Waals surface area contributed by atoms with Gasteiger partial charge in [-0.15, -0.1) is 6.42 Å². The van der Waals surface area contributed by atoms with Gasteiger partial charge in [0.15, 0.2) is 5.96 Å². The number of carbonyl (C=O) groups excluding carboxylic acids is 12. The van der Waals surface area contributed by atoms with E-state index in [2.05, 4.69) is 92.0 Å². The topological polar surface area (TPSA) is 527 Å². The molecule has 1 aliphatic rings. The van der Waals surface area contributed by atoms with E-state index in [4.69, 9.17) is 29.0 Å². The number of rotatable bonds is 42. The Balaban J connectivity index is 1.39. The van der Waals surface area contributed by atoms with E-state index in [9.17, 15) is 67.7 Å². The number of aliphatic hydroxyl groups is 1. The fraction of sp³-hybridized carbons (Fsp3) is 0.515. The average molecular weight is 1410 g/mol. The first kappa shape index (κ1) is 80.4. The molecule has 544 valence electrons. The molecular weight excluding hydrogens is 1310 g/mol. The van der Waals surface area contributed by atoms with Crippen molar-refractivity contribution in [2.24, 2.45) is 23.1 Å². The quantitative estimate of drug-likeness (QED) is 0.00682. The van der Waals surface area contributed by atoms with Crippen LogP contribution in [-0.4, -0.2) is 206 Å². The Morgan fingerprint density at radius 2 is 1.23 bits per heavy atom. The molecule has 2 aromatic carbocycles. The number of imidazole rings is 1. The highest BCUT2D eigenvalue weighted by atomic mass is 32.1. The first-order chi connectivity index (χ1) is 47.8. The van der Waals surface area contributed by atoms with E-state index in [1.165, 1.54) is 41.7 Å². The Hall–Kier alpha value is -10.3. The molecule has 0 spiro atoms. The third-order valence-electron chi connectivity index (χ3n) is 16.4. The van der Waals surface area contributed by atoms with Gasteiger partial charge in [0.25, 0.3) is 0 Å². The van der Waals surface area contributed by atoms with Gasteiger partial charge in [-0.2, -0.15) is 12.6 Å². The number of nitrogens with two attached hydrogens (primary N) is 3. The third kappa shape index (κ3) is 25.9. The summed E-state index contributed by atoms with van der Waals surface area (Å²) in [5.41, 5.74) is 18.6. The Morgan fingerprint density at radius 1 is 0.680 bits per heavy atom. The molecule has 10 atom stereocenters. The van der Waals surface area contributed by atoms with Crippen LogP contribution >= 0.6 is 12.6 Å². The van der Waals surface area contributed by atoms with Crippen molar-refractivity contribution in [2.45, 2.75) is 171 Å². The number of unbranched alkanes of at least 4 members (excludes halogenated alkanes) is 1. The number of hydrogen-bond donors (Lipinski definition) is 20. The van der Waals surface area contributed by atoms with Crippen LogP contribution in [0.25, 0.3) is 10.9 Å². The molecule has 5 rings (SSSR count). The van der Waals surface area contributed by atoms with Crippen molar-refractivity contribution in [3.8, 4) is 18.1 Å². The summed E-state index contributed by atoms with van der Waals surface area (Å²) in [6.07, 6.45) is 10.3. The first-order valence-corrected chi connectivity index (χ1v) is 33.7. The average Bonchev–Trinajstić information content (AvgIpc) is 1.63. The standard InChI is InChI=1S/C66H95N19O14S/c1-5-25-72-56(90)46(22-23-54(68)88)77-62(96)50(31-40-33-71-36-75-40)82-61(95)49(30-39-32-74-43-14-8-7-13-42(39)43)81-63(97)51(34-86)83-60(94)48(29-38-18-20-41(87)21-19-38)80-57(91)44(15-9-10-24-67)76-64(98)52(35-100)84-59(93)47(28-37(3)4)79-58(92)45(16-11-26-73-66(69)70)78-65(99)53-17-12-27-85(53)55(89)6-2/h1,7-8,13-14,18-21,32-33,36-37,44-53,74,86-87,100H,6,9-12,15-17,22-31,34-35,67H2,2-4H3,(H2,68,88)(H,71,75)(H,72,90)(H,76,98)(H,77,96)(H,78,99)(H,79,92)(H,80,91)(H,81,97)(H,82,95)(H,83,94)(H,84,93)(H4,69,70,73)/t44-,45+,46+,47+,48+,49+,50+,51+,52-,53+/m1/s1. The Morgan fingerprint density at radius 3 is 1.82 bits per heavy atom. The number of thiol groups is 1. The second-order valence-corrected chi connectivity index (χ2v) is 24.9. The summed E-state index contributed by atoms with van der Waals surface area (Å²) >= 11 is 4.37. The van der Waals surface area contributed by atoms with Crippen LogP contribution in [0.15, 0.2) is 67.3 Å². The summed E-state index contributed by atoms with van der Waals surface area (Å²) in [6, 6.07) is -1.46. The zero-order valence-electron chi connectivity index (χ0n) is 56.3. The number of nitrogens with zero attached hydrogens (tertiary/aromatic N) is 2. The number of phenolic OH excluding ortho intramolecular Hbond substituents is 1. The number of aliphatic hydroxyl groups excluding tert-OH is 1. The number of aromatic hydroxyl groups is 1. The van der Waals surface area contributed by atoms with E-state index in [1.54, 1.807) is 51.2 Å². The predicted octanol–water partition coefficient (Wildman–Crippen LogP) is -3.24. The SMILES string of the molecule is C#CCNC(=O)[C@H](CCC(N)=O)NC(=O)[C@H](Cc1cnc[nH]1)NC(=O)[C@H](Cc1c[nH]c2ccccc12)NC(=O)[C@H](CO)NC(=O)[C@H](Cc1ccc(O)cc1)NC(=O)[C@@H](CCCCN)NC(=O)[C@@H](CS)NC(=O)[C@H](CC(C)C)NC(=O)[C@H](CCCNC(=N)N)NC(=O)[C@@H]1CCCN1C(=O)CC. The number of amides is 12. The van der Waals surface area contributed by atoms with Gasteiger partial charge in [0.05, 0.1) is 19.5 Å². The minimum Gasteiger partial charge on any atom is -0.508 e. The number of phenols is 1. The molecule has 0 aliphatic carbocycles. The molecule has 0 radical (unpaired) electrons. The number of fused-ring (bicyclic) bond motifs is 1. The molecule has 100 heavy (non-hydrogen) atoms. The number of H-pyrrole nitrogens is 2. The molecular formula is C66H95N19O14S. The minimum atomic E-state index is -1.84. The van der Waals surface area contributed by atoms with E-state index in [0.717, 1.165) is 0 Å². The molecule has 1 fully saturated rings. The summed E-state index contributed by atoms with van der Waals surface area (Å²) in [6.45, 7) is 4.69. The maximum atomic E-state index is 14.7. The molecule has 0 saturated carbocycles. The van der Waals surface area contributed by atoms with Crippen molar-refractivity contribution in [2.75, 3.05) is 38.5 Å². The number of guanidine groups is 1. The second-order valence-electron chi connectivity index (χ2n) is 24.6. The number of hydrogen-bond acceptors (Lipinski definition) is 18. The molecule has 1 aliphatic heterocycles. The minimum absolute atomic E-state index is 0.0328. The molecule has 4 aromatic rings. The van der Waals surface area contributed by atoms with Crippen molar-refractivity contribution < 1.29 is 67.7 Å². The lowest BCUT2D eigenvalue weighted by atomic mass is 10.0. The van der Waals surface area contributed by atoms with Gasteiger partial charge < -0.3 is 101 Å². The van der Waals surface area contributed by atoms with Gasteiger partial charge in [-0.05, 0) is 99.6 Å². The number of primary amides is 1. The molecule has 0 bridgehead atoms. The molecule has 3 heterocycles. The number of benzene rings is 2. The van der Waals surface area contributed by atoms with Crippen molar-refractivity contribution in [1.29, 1.82) is 5.41 Å². The van der Waals surface area contributed by atoms with Crippen LogP contribution in [-0.2, 0) is 76.8 Å². The molecule has 33 nitrogen and oxygen atoms in total. The fourth-order valence-corrected chi connectivity index (χ4v) is 11.3. The number of terminal acetylenes is 1. The van der Waals surface area contributed by atoms with E-state index in [-0.39, 0.29) is 120 Å². The van der Waals surface area contributed by atoms with Crippen molar-refractivity contribution in [3.05, 3.63) is 84.1 Å². The summed E-state index contributed by atoms with van der Waals surface area (Å²) in [5.74, 6) is -8.45. The van der Waals surface area contributed by atoms with Crippen LogP contribution in [0.5, 0.6) is 5.75 Å². The van der Waals surface area contributed by atoms with Gasteiger partial charge in [0.1, 0.15) is 66.2 Å². The zero-order valence-corrected chi connectivity index (χ0v) is 57.2. The summed E-state index contributed by atoms with van der Waals surface area (Å²) < 4.78 is 0. The Labute approximate surface area is 584 Å². The highest BCUT2D eigenvalue weighted by Crippen LogP contribution is 2.22. The predicted molar refractivity (Wildman–Crippen MR) is 371 cm³/mol. The molecule has 22 N–H and O–H groups in total. The number of likely N-dealkylation sites (tertiary alicyclic amines) is 1. The van der Waals surface area contributed by atoms with Gasteiger partial charge in [0, 0.05) is 79.9 Å². The van der Waals surface area contributed by atoms with Crippen LogP contribution in [0.1, 0.15) is 108 Å². The van der Waals surface area contributed by atoms with Crippen molar-refractivity contribution in [3.63, 3.8) is 0 Å². The smallest absolute Gasteiger partial charge is 0.245 e. The van der Waals surface area contributed by atoms with E-state index in [0.29, 0.717) is 53.5 Å². The van der Waals surface area contributed by atoms with E-state index >= 15 is 0 Å². The highest BCUT2D eigenvalue weighted by Gasteiger charge is 2.39. The van der Waals surface area contributed by atoms with Gasteiger partial charge in [-0.3, -0.25) is 62.9 Å². The van der Waals surface area contributed by atoms with Crippen molar-refractivity contribution in [1.82, 2.24) is 78.3 Å².